The second kappa shape index (κ2) is 5.60. The fraction of sp³-hybridized carbons (Fsp3) is 0.545. The molecule has 0 radical (unpaired) electrons. The van der Waals surface area contributed by atoms with Gasteiger partial charge in [-0.25, -0.2) is 0 Å². The summed E-state index contributed by atoms with van der Waals surface area (Å²) in [5.74, 6) is 0.651. The van der Waals surface area contributed by atoms with Crippen LogP contribution in [0.3, 0.4) is 0 Å². The SMILES string of the molecule is CNCc1ccncc1NCC(C)C. The fourth-order valence-electron chi connectivity index (χ4n) is 1.24. The molecule has 0 unspecified atom stereocenters. The standard InChI is InChI=1S/C11H19N3/c1-9(2)6-14-11-8-13-5-4-10(11)7-12-3/h4-5,8-9,12,14H,6-7H2,1-3H3. The third-order valence-electron chi connectivity index (χ3n) is 1.98. The highest BCUT2D eigenvalue weighted by Gasteiger charge is 2.01. The summed E-state index contributed by atoms with van der Waals surface area (Å²) in [7, 11) is 1.95. The van der Waals surface area contributed by atoms with Crippen molar-refractivity contribution in [3.8, 4) is 0 Å². The van der Waals surface area contributed by atoms with Gasteiger partial charge in [0.25, 0.3) is 0 Å². The Morgan fingerprint density at radius 2 is 2.21 bits per heavy atom. The van der Waals surface area contributed by atoms with Gasteiger partial charge in [-0.05, 0) is 24.6 Å². The van der Waals surface area contributed by atoms with Crippen molar-refractivity contribution in [2.45, 2.75) is 20.4 Å². The van der Waals surface area contributed by atoms with Crippen molar-refractivity contribution in [2.75, 3.05) is 18.9 Å². The lowest BCUT2D eigenvalue weighted by Gasteiger charge is -2.12. The van der Waals surface area contributed by atoms with E-state index in [-0.39, 0.29) is 0 Å². The number of rotatable bonds is 5. The Bertz CT molecular complexity index is 271. The summed E-state index contributed by atoms with van der Waals surface area (Å²) < 4.78 is 0. The Labute approximate surface area is 85.9 Å². The molecule has 0 saturated heterocycles. The molecule has 2 N–H and O–H groups in total. The van der Waals surface area contributed by atoms with Gasteiger partial charge in [0.2, 0.25) is 0 Å². The van der Waals surface area contributed by atoms with Crippen LogP contribution >= 0.6 is 0 Å². The second-order valence-electron chi connectivity index (χ2n) is 3.84. The van der Waals surface area contributed by atoms with Crippen LogP contribution in [0.5, 0.6) is 0 Å². The highest BCUT2D eigenvalue weighted by Crippen LogP contribution is 2.13. The molecule has 0 aliphatic rings. The van der Waals surface area contributed by atoms with Gasteiger partial charge in [-0.3, -0.25) is 4.98 Å². The average Bonchev–Trinajstić information content (AvgIpc) is 2.17. The molecule has 1 aromatic rings. The van der Waals surface area contributed by atoms with Crippen LogP contribution in [0.1, 0.15) is 19.4 Å². The second-order valence-corrected chi connectivity index (χ2v) is 3.84. The largest absolute Gasteiger partial charge is 0.383 e. The molecule has 0 saturated carbocycles. The van der Waals surface area contributed by atoms with Crippen LogP contribution in [-0.2, 0) is 6.54 Å². The lowest BCUT2D eigenvalue weighted by Crippen LogP contribution is -2.12. The van der Waals surface area contributed by atoms with E-state index in [0.717, 1.165) is 18.8 Å². The van der Waals surface area contributed by atoms with Crippen LogP contribution in [-0.4, -0.2) is 18.6 Å². The van der Waals surface area contributed by atoms with Crippen LogP contribution in [0, 0.1) is 5.92 Å². The summed E-state index contributed by atoms with van der Waals surface area (Å²) in [6, 6.07) is 2.04. The molecule has 0 bridgehead atoms. The van der Waals surface area contributed by atoms with Crippen molar-refractivity contribution in [1.29, 1.82) is 0 Å². The number of aromatic nitrogens is 1. The van der Waals surface area contributed by atoms with Gasteiger partial charge in [0.1, 0.15) is 0 Å². The van der Waals surface area contributed by atoms with E-state index in [1.54, 1.807) is 0 Å². The van der Waals surface area contributed by atoms with Crippen molar-refractivity contribution < 1.29 is 0 Å². The first kappa shape index (κ1) is 11.0. The van der Waals surface area contributed by atoms with Crippen molar-refractivity contribution in [3.63, 3.8) is 0 Å². The summed E-state index contributed by atoms with van der Waals surface area (Å²) in [6.45, 7) is 6.26. The van der Waals surface area contributed by atoms with E-state index >= 15 is 0 Å². The molecule has 0 aliphatic heterocycles. The first-order valence-corrected chi connectivity index (χ1v) is 5.05. The number of nitrogens with one attached hydrogen (secondary N) is 2. The van der Waals surface area contributed by atoms with E-state index in [4.69, 9.17) is 0 Å². The molecule has 0 amide bonds. The van der Waals surface area contributed by atoms with Crippen molar-refractivity contribution in [3.05, 3.63) is 24.0 Å². The molecule has 78 valence electrons. The fourth-order valence-corrected chi connectivity index (χ4v) is 1.24. The monoisotopic (exact) mass is 193 g/mol. The number of pyridine rings is 1. The maximum atomic E-state index is 4.12. The number of hydrogen-bond donors (Lipinski definition) is 2. The van der Waals surface area contributed by atoms with E-state index in [0.29, 0.717) is 5.92 Å². The maximum Gasteiger partial charge on any atom is 0.0572 e. The van der Waals surface area contributed by atoms with E-state index in [1.807, 2.05) is 25.5 Å². The molecule has 14 heavy (non-hydrogen) atoms. The minimum Gasteiger partial charge on any atom is -0.383 e. The highest BCUT2D eigenvalue weighted by atomic mass is 14.9. The molecular weight excluding hydrogens is 174 g/mol. The Morgan fingerprint density at radius 3 is 2.86 bits per heavy atom. The zero-order valence-corrected chi connectivity index (χ0v) is 9.17. The molecule has 3 nitrogen and oxygen atoms in total. The maximum absolute atomic E-state index is 4.12. The van der Waals surface area contributed by atoms with Crippen molar-refractivity contribution in [2.24, 2.45) is 5.92 Å². The first-order valence-electron chi connectivity index (χ1n) is 5.05. The zero-order chi connectivity index (χ0) is 10.4. The lowest BCUT2D eigenvalue weighted by atomic mass is 10.2. The summed E-state index contributed by atoms with van der Waals surface area (Å²) in [6.07, 6.45) is 3.71. The van der Waals surface area contributed by atoms with Gasteiger partial charge in [0, 0.05) is 19.3 Å². The van der Waals surface area contributed by atoms with Crippen LogP contribution < -0.4 is 10.6 Å². The van der Waals surface area contributed by atoms with Gasteiger partial charge >= 0.3 is 0 Å². The zero-order valence-electron chi connectivity index (χ0n) is 9.17. The predicted molar refractivity (Wildman–Crippen MR) is 60.3 cm³/mol. The van der Waals surface area contributed by atoms with E-state index in [9.17, 15) is 0 Å². The molecule has 1 heterocycles. The molecule has 0 spiro atoms. The van der Waals surface area contributed by atoms with Crippen LogP contribution in [0.4, 0.5) is 5.69 Å². The topological polar surface area (TPSA) is 37.0 Å². The predicted octanol–water partition coefficient (Wildman–Crippen LogP) is 1.87. The molecular formula is C11H19N3. The van der Waals surface area contributed by atoms with Gasteiger partial charge < -0.3 is 10.6 Å². The van der Waals surface area contributed by atoms with Crippen molar-refractivity contribution >= 4 is 5.69 Å². The lowest BCUT2D eigenvalue weighted by molar-refractivity contribution is 0.687. The number of anilines is 1. The van der Waals surface area contributed by atoms with E-state index < -0.39 is 0 Å². The summed E-state index contributed by atoms with van der Waals surface area (Å²) >= 11 is 0. The molecule has 0 aliphatic carbocycles. The van der Waals surface area contributed by atoms with Crippen molar-refractivity contribution in [1.82, 2.24) is 10.3 Å². The normalized spacial score (nSPS) is 10.6. The summed E-state index contributed by atoms with van der Waals surface area (Å²) in [4.78, 5) is 4.12. The third-order valence-corrected chi connectivity index (χ3v) is 1.98. The smallest absolute Gasteiger partial charge is 0.0572 e. The van der Waals surface area contributed by atoms with Gasteiger partial charge in [-0.1, -0.05) is 13.8 Å². The first-order chi connectivity index (χ1) is 6.74. The minimum absolute atomic E-state index is 0.651. The molecule has 1 aromatic heterocycles. The minimum atomic E-state index is 0.651. The van der Waals surface area contributed by atoms with Gasteiger partial charge in [-0.2, -0.15) is 0 Å². The Morgan fingerprint density at radius 1 is 1.43 bits per heavy atom. The van der Waals surface area contributed by atoms with E-state index in [1.165, 1.54) is 5.56 Å². The Balaban J connectivity index is 2.64. The van der Waals surface area contributed by atoms with Crippen LogP contribution in [0.2, 0.25) is 0 Å². The summed E-state index contributed by atoms with van der Waals surface area (Å²) in [5, 5.41) is 6.54. The molecule has 0 atom stereocenters. The van der Waals surface area contributed by atoms with Gasteiger partial charge in [0.05, 0.1) is 11.9 Å². The highest BCUT2D eigenvalue weighted by molar-refractivity contribution is 5.48. The van der Waals surface area contributed by atoms with Crippen LogP contribution in [0.15, 0.2) is 18.5 Å². The third kappa shape index (κ3) is 3.34. The average molecular weight is 193 g/mol. The Hall–Kier alpha value is -1.09. The van der Waals surface area contributed by atoms with Crippen LogP contribution in [0.25, 0.3) is 0 Å². The Kier molecular flexibility index (Phi) is 4.40. The molecule has 0 aromatic carbocycles. The van der Waals surface area contributed by atoms with Gasteiger partial charge in [-0.15, -0.1) is 0 Å². The molecule has 0 fully saturated rings. The van der Waals surface area contributed by atoms with E-state index in [2.05, 4.69) is 29.5 Å². The molecule has 1 rings (SSSR count). The summed E-state index contributed by atoms with van der Waals surface area (Å²) in [5.41, 5.74) is 2.40. The number of hydrogen-bond acceptors (Lipinski definition) is 3. The quantitative estimate of drug-likeness (QED) is 0.749. The number of nitrogens with zero attached hydrogens (tertiary/aromatic N) is 1. The molecule has 3 heteroatoms. The van der Waals surface area contributed by atoms with Gasteiger partial charge in [0.15, 0.2) is 0 Å².